The van der Waals surface area contributed by atoms with Gasteiger partial charge in [0.2, 0.25) is 0 Å². The number of aliphatic hydroxyl groups is 1. The molecule has 0 amide bonds. The Balaban J connectivity index is 2.14. The van der Waals surface area contributed by atoms with Crippen LogP contribution in [0, 0.1) is 0 Å². The molecule has 1 aromatic rings. The van der Waals surface area contributed by atoms with E-state index in [1.165, 1.54) is 18.2 Å². The van der Waals surface area contributed by atoms with Gasteiger partial charge in [0.1, 0.15) is 11.5 Å². The lowest BCUT2D eigenvalue weighted by molar-refractivity contribution is 0.128. The highest BCUT2D eigenvalue weighted by molar-refractivity contribution is 5.40. The molecule has 2 rings (SSSR count). The van der Waals surface area contributed by atoms with Crippen molar-refractivity contribution in [2.45, 2.75) is 25.0 Å². The lowest BCUT2D eigenvalue weighted by Crippen LogP contribution is -2.11. The van der Waals surface area contributed by atoms with Gasteiger partial charge in [-0.2, -0.15) is 0 Å². The summed E-state index contributed by atoms with van der Waals surface area (Å²) in [6.45, 7) is 2.55. The van der Waals surface area contributed by atoms with Gasteiger partial charge in [-0.1, -0.05) is 0 Å². The monoisotopic (exact) mass is 210 g/mol. The van der Waals surface area contributed by atoms with Gasteiger partial charge in [-0.15, -0.1) is 0 Å². The van der Waals surface area contributed by atoms with E-state index in [1.54, 1.807) is 0 Å². The van der Waals surface area contributed by atoms with Crippen molar-refractivity contribution >= 4 is 0 Å². The van der Waals surface area contributed by atoms with Gasteiger partial charge >= 0.3 is 0 Å². The summed E-state index contributed by atoms with van der Waals surface area (Å²) in [6, 6.07) is 4.17. The quantitative estimate of drug-likeness (QED) is 0.658. The number of aromatic hydroxyl groups is 2. The second-order valence-corrected chi connectivity index (χ2v) is 4.20. The molecule has 2 atom stereocenters. The second-order valence-electron chi connectivity index (χ2n) is 4.20. The predicted molar refractivity (Wildman–Crippen MR) is 53.7 cm³/mol. The van der Waals surface area contributed by atoms with E-state index in [0.717, 1.165) is 0 Å². The summed E-state index contributed by atoms with van der Waals surface area (Å²) >= 11 is 0. The second kappa shape index (κ2) is 3.40. The SMILES string of the molecule is CC1(CC(O)c2ccc(O)cc2O)CO1. The highest BCUT2D eigenvalue weighted by atomic mass is 16.6. The van der Waals surface area contributed by atoms with E-state index in [-0.39, 0.29) is 17.1 Å². The molecular formula is C11H14O4. The van der Waals surface area contributed by atoms with Gasteiger partial charge in [0, 0.05) is 18.1 Å². The number of epoxide rings is 1. The lowest BCUT2D eigenvalue weighted by Gasteiger charge is -2.14. The van der Waals surface area contributed by atoms with Crippen LogP contribution in [-0.2, 0) is 4.74 Å². The summed E-state index contributed by atoms with van der Waals surface area (Å²) in [5.74, 6) is -0.107. The third-order valence-corrected chi connectivity index (χ3v) is 2.64. The van der Waals surface area contributed by atoms with Gasteiger partial charge in [0.05, 0.1) is 18.3 Å². The highest BCUT2D eigenvalue weighted by Crippen LogP contribution is 2.38. The van der Waals surface area contributed by atoms with Crippen molar-refractivity contribution < 1.29 is 20.1 Å². The van der Waals surface area contributed by atoms with E-state index >= 15 is 0 Å². The first-order valence-electron chi connectivity index (χ1n) is 4.84. The van der Waals surface area contributed by atoms with Gasteiger partial charge in [-0.25, -0.2) is 0 Å². The number of aliphatic hydroxyl groups excluding tert-OH is 1. The Morgan fingerprint density at radius 1 is 1.47 bits per heavy atom. The van der Waals surface area contributed by atoms with E-state index in [1.807, 2.05) is 6.92 Å². The Bertz CT molecular complexity index is 371. The van der Waals surface area contributed by atoms with Crippen LogP contribution in [0.3, 0.4) is 0 Å². The van der Waals surface area contributed by atoms with Crippen LogP contribution in [0.2, 0.25) is 0 Å². The summed E-state index contributed by atoms with van der Waals surface area (Å²) in [4.78, 5) is 0. The van der Waals surface area contributed by atoms with Crippen LogP contribution in [0.4, 0.5) is 0 Å². The van der Waals surface area contributed by atoms with E-state index in [0.29, 0.717) is 18.6 Å². The standard InChI is InChI=1S/C11H14O4/c1-11(6-15-11)5-10(14)8-3-2-7(12)4-9(8)13/h2-4,10,12-14H,5-6H2,1H3. The maximum atomic E-state index is 9.85. The number of ether oxygens (including phenoxy) is 1. The summed E-state index contributed by atoms with van der Waals surface area (Å²) in [7, 11) is 0. The largest absolute Gasteiger partial charge is 0.508 e. The average molecular weight is 210 g/mol. The smallest absolute Gasteiger partial charge is 0.125 e. The molecule has 4 nitrogen and oxygen atoms in total. The molecule has 1 heterocycles. The first-order chi connectivity index (χ1) is 7.00. The lowest BCUT2D eigenvalue weighted by atomic mass is 9.98. The number of hydrogen-bond donors (Lipinski definition) is 3. The first kappa shape index (κ1) is 10.3. The maximum Gasteiger partial charge on any atom is 0.125 e. The molecule has 2 unspecified atom stereocenters. The van der Waals surface area contributed by atoms with Crippen LogP contribution >= 0.6 is 0 Å². The van der Waals surface area contributed by atoms with Gasteiger partial charge in [0.25, 0.3) is 0 Å². The zero-order valence-electron chi connectivity index (χ0n) is 8.47. The number of phenols is 2. The van der Waals surface area contributed by atoms with Crippen LogP contribution in [0.1, 0.15) is 25.0 Å². The topological polar surface area (TPSA) is 73.2 Å². The predicted octanol–water partition coefficient (Wildman–Crippen LogP) is 1.31. The molecule has 0 saturated carbocycles. The van der Waals surface area contributed by atoms with E-state index < -0.39 is 6.10 Å². The minimum Gasteiger partial charge on any atom is -0.508 e. The average Bonchev–Trinajstić information content (AvgIpc) is 2.82. The fourth-order valence-electron chi connectivity index (χ4n) is 1.57. The molecule has 15 heavy (non-hydrogen) atoms. The maximum absolute atomic E-state index is 9.85. The van der Waals surface area contributed by atoms with Gasteiger partial charge in [-0.3, -0.25) is 0 Å². The van der Waals surface area contributed by atoms with Crippen LogP contribution < -0.4 is 0 Å². The molecule has 0 spiro atoms. The molecule has 1 aliphatic rings. The van der Waals surface area contributed by atoms with Crippen molar-refractivity contribution in [2.24, 2.45) is 0 Å². The molecule has 1 aromatic carbocycles. The fourth-order valence-corrected chi connectivity index (χ4v) is 1.57. The van der Waals surface area contributed by atoms with E-state index in [9.17, 15) is 10.2 Å². The molecule has 0 aliphatic carbocycles. The van der Waals surface area contributed by atoms with Gasteiger partial charge in [-0.05, 0) is 19.1 Å². The molecule has 0 aromatic heterocycles. The molecule has 3 N–H and O–H groups in total. The zero-order valence-corrected chi connectivity index (χ0v) is 8.47. The van der Waals surface area contributed by atoms with Gasteiger partial charge < -0.3 is 20.1 Å². The molecule has 82 valence electrons. The van der Waals surface area contributed by atoms with E-state index in [2.05, 4.69) is 0 Å². The van der Waals surface area contributed by atoms with Crippen LogP contribution in [-0.4, -0.2) is 27.5 Å². The zero-order chi connectivity index (χ0) is 11.1. The summed E-state index contributed by atoms with van der Waals surface area (Å²) in [6.07, 6.45) is -0.316. The van der Waals surface area contributed by atoms with Crippen molar-refractivity contribution in [3.8, 4) is 11.5 Å². The Morgan fingerprint density at radius 3 is 2.67 bits per heavy atom. The fraction of sp³-hybridized carbons (Fsp3) is 0.455. The number of benzene rings is 1. The van der Waals surface area contributed by atoms with E-state index in [4.69, 9.17) is 9.84 Å². The minimum atomic E-state index is -0.766. The number of hydrogen-bond acceptors (Lipinski definition) is 4. The summed E-state index contributed by atoms with van der Waals surface area (Å²) in [5, 5.41) is 28.5. The Hall–Kier alpha value is -1.26. The van der Waals surface area contributed by atoms with Gasteiger partial charge in [0.15, 0.2) is 0 Å². The van der Waals surface area contributed by atoms with Crippen LogP contribution in [0.5, 0.6) is 11.5 Å². The third-order valence-electron chi connectivity index (χ3n) is 2.64. The normalized spacial score (nSPS) is 26.3. The molecule has 4 heteroatoms. The van der Waals surface area contributed by atoms with Crippen molar-refractivity contribution in [3.63, 3.8) is 0 Å². The molecule has 0 radical (unpaired) electrons. The molecule has 1 saturated heterocycles. The Kier molecular flexibility index (Phi) is 2.32. The van der Waals surface area contributed by atoms with Crippen LogP contribution in [0.25, 0.3) is 0 Å². The minimum absolute atomic E-state index is 0.0164. The first-order valence-corrected chi connectivity index (χ1v) is 4.84. The summed E-state index contributed by atoms with van der Waals surface area (Å²) < 4.78 is 5.16. The Labute approximate surface area is 87.7 Å². The van der Waals surface area contributed by atoms with Crippen LogP contribution in [0.15, 0.2) is 18.2 Å². The van der Waals surface area contributed by atoms with Crippen molar-refractivity contribution in [1.29, 1.82) is 0 Å². The number of phenolic OH excluding ortho intramolecular Hbond substituents is 2. The summed E-state index contributed by atoms with van der Waals surface area (Å²) in [5.41, 5.74) is 0.161. The highest BCUT2D eigenvalue weighted by Gasteiger charge is 2.41. The molecule has 1 aliphatic heterocycles. The van der Waals surface area contributed by atoms with Crippen molar-refractivity contribution in [3.05, 3.63) is 23.8 Å². The molecular weight excluding hydrogens is 196 g/mol. The number of rotatable bonds is 3. The Morgan fingerprint density at radius 2 is 2.13 bits per heavy atom. The van der Waals surface area contributed by atoms with Crippen molar-refractivity contribution in [1.82, 2.24) is 0 Å². The molecule has 0 bridgehead atoms. The van der Waals surface area contributed by atoms with Crippen molar-refractivity contribution in [2.75, 3.05) is 6.61 Å². The molecule has 1 fully saturated rings. The third kappa shape index (κ3) is 2.22.